The van der Waals surface area contributed by atoms with Crippen LogP contribution in [0.3, 0.4) is 0 Å². The van der Waals surface area contributed by atoms with Crippen LogP contribution in [0.2, 0.25) is 0 Å². The van der Waals surface area contributed by atoms with Crippen LogP contribution in [0.5, 0.6) is 0 Å². The van der Waals surface area contributed by atoms with E-state index in [0.29, 0.717) is 5.84 Å². The second kappa shape index (κ2) is 7.54. The maximum Gasteiger partial charge on any atom is 0.143 e. The third-order valence-electron chi connectivity index (χ3n) is 3.94. The lowest BCUT2D eigenvalue weighted by Gasteiger charge is -2.26. The molecule has 0 bridgehead atoms. The Balaban J connectivity index is 2.04. The molecule has 1 fully saturated rings. The fourth-order valence-electron chi connectivity index (χ4n) is 2.45. The van der Waals surface area contributed by atoms with Crippen LogP contribution in [0.1, 0.15) is 46.0 Å². The van der Waals surface area contributed by atoms with Crippen molar-refractivity contribution in [1.82, 2.24) is 5.32 Å². The molecule has 1 saturated carbocycles. The molecular formula is C13H27N3O. The van der Waals surface area contributed by atoms with Crippen LogP contribution in [-0.4, -0.2) is 24.1 Å². The number of nitrogens with two attached hydrogens (primary N) is 1. The van der Waals surface area contributed by atoms with Gasteiger partial charge in [0, 0.05) is 12.5 Å². The van der Waals surface area contributed by atoms with Gasteiger partial charge in [-0.25, -0.2) is 0 Å². The molecule has 1 aliphatic carbocycles. The molecule has 0 aliphatic heterocycles. The maximum absolute atomic E-state index is 8.53. The van der Waals surface area contributed by atoms with Crippen molar-refractivity contribution in [2.75, 3.05) is 13.1 Å². The molecular weight excluding hydrogens is 214 g/mol. The lowest BCUT2D eigenvalue weighted by atomic mass is 9.81. The SMILES string of the molecule is CC1CCC(CCNCC(C)C(N)=NO)CC1. The van der Waals surface area contributed by atoms with E-state index in [1.807, 2.05) is 6.92 Å². The standard InChI is InChI=1S/C13H27N3O/c1-10-3-5-12(6-4-10)7-8-15-9-11(2)13(14)16-17/h10-12,15,17H,3-9H2,1-2H3,(H2,14,16). The molecule has 4 nitrogen and oxygen atoms in total. The van der Waals surface area contributed by atoms with E-state index in [-0.39, 0.29) is 5.92 Å². The Labute approximate surface area is 105 Å². The number of nitrogens with zero attached hydrogens (tertiary/aromatic N) is 1. The zero-order valence-electron chi connectivity index (χ0n) is 11.2. The van der Waals surface area contributed by atoms with Crippen LogP contribution in [0.15, 0.2) is 5.16 Å². The number of hydrogen-bond acceptors (Lipinski definition) is 3. The molecule has 0 aromatic carbocycles. The van der Waals surface area contributed by atoms with E-state index in [1.165, 1.54) is 32.1 Å². The average molecular weight is 241 g/mol. The van der Waals surface area contributed by atoms with Gasteiger partial charge in [0.05, 0.1) is 0 Å². The Kier molecular flexibility index (Phi) is 6.34. The van der Waals surface area contributed by atoms with Crippen molar-refractivity contribution in [2.24, 2.45) is 28.6 Å². The van der Waals surface area contributed by atoms with Crippen molar-refractivity contribution in [2.45, 2.75) is 46.0 Å². The third kappa shape index (κ3) is 5.39. The predicted molar refractivity (Wildman–Crippen MR) is 71.2 cm³/mol. The van der Waals surface area contributed by atoms with Gasteiger partial charge in [0.2, 0.25) is 0 Å². The highest BCUT2D eigenvalue weighted by molar-refractivity contribution is 5.82. The highest BCUT2D eigenvalue weighted by atomic mass is 16.4. The van der Waals surface area contributed by atoms with Crippen LogP contribution in [0, 0.1) is 17.8 Å². The Bertz CT molecular complexity index is 235. The third-order valence-corrected chi connectivity index (χ3v) is 3.94. The molecule has 1 rings (SSSR count). The molecule has 4 heteroatoms. The lowest BCUT2D eigenvalue weighted by molar-refractivity contribution is 0.274. The fraction of sp³-hybridized carbons (Fsp3) is 0.923. The van der Waals surface area contributed by atoms with Crippen molar-refractivity contribution in [3.05, 3.63) is 0 Å². The van der Waals surface area contributed by atoms with Crippen molar-refractivity contribution in [3.63, 3.8) is 0 Å². The summed E-state index contributed by atoms with van der Waals surface area (Å²) in [6, 6.07) is 0. The average Bonchev–Trinajstić information content (AvgIpc) is 2.35. The van der Waals surface area contributed by atoms with E-state index < -0.39 is 0 Å². The summed E-state index contributed by atoms with van der Waals surface area (Å²) in [7, 11) is 0. The molecule has 1 atom stereocenters. The molecule has 1 unspecified atom stereocenters. The van der Waals surface area contributed by atoms with E-state index in [2.05, 4.69) is 17.4 Å². The van der Waals surface area contributed by atoms with Gasteiger partial charge in [0.1, 0.15) is 5.84 Å². The number of oxime groups is 1. The minimum atomic E-state index is 0.103. The first-order valence-corrected chi connectivity index (χ1v) is 6.81. The van der Waals surface area contributed by atoms with Gasteiger partial charge in [-0.05, 0) is 24.8 Å². The van der Waals surface area contributed by atoms with Crippen molar-refractivity contribution < 1.29 is 5.21 Å². The van der Waals surface area contributed by atoms with Gasteiger partial charge in [-0.1, -0.05) is 44.7 Å². The first-order chi connectivity index (χ1) is 8.13. The Hall–Kier alpha value is -0.770. The van der Waals surface area contributed by atoms with Crippen molar-refractivity contribution in [3.8, 4) is 0 Å². The smallest absolute Gasteiger partial charge is 0.143 e. The molecule has 0 aromatic heterocycles. The molecule has 0 saturated heterocycles. The molecule has 0 amide bonds. The van der Waals surface area contributed by atoms with Crippen molar-refractivity contribution >= 4 is 5.84 Å². The van der Waals surface area contributed by atoms with Gasteiger partial charge in [0.25, 0.3) is 0 Å². The Morgan fingerprint density at radius 2 is 2.06 bits per heavy atom. The predicted octanol–water partition coefficient (Wildman–Crippen LogP) is 2.17. The number of hydrogen-bond donors (Lipinski definition) is 3. The second-order valence-corrected chi connectivity index (χ2v) is 5.54. The molecule has 0 heterocycles. The van der Waals surface area contributed by atoms with E-state index in [4.69, 9.17) is 10.9 Å². The molecule has 4 N–H and O–H groups in total. The monoisotopic (exact) mass is 241 g/mol. The van der Waals surface area contributed by atoms with Gasteiger partial charge in [-0.3, -0.25) is 0 Å². The van der Waals surface area contributed by atoms with E-state index in [9.17, 15) is 0 Å². The minimum absolute atomic E-state index is 0.103. The summed E-state index contributed by atoms with van der Waals surface area (Å²) in [6.45, 7) is 6.15. The maximum atomic E-state index is 8.53. The van der Waals surface area contributed by atoms with Crippen molar-refractivity contribution in [1.29, 1.82) is 0 Å². The van der Waals surface area contributed by atoms with E-state index >= 15 is 0 Å². The van der Waals surface area contributed by atoms with Crippen LogP contribution in [0.25, 0.3) is 0 Å². The van der Waals surface area contributed by atoms with Crippen LogP contribution in [-0.2, 0) is 0 Å². The number of nitrogens with one attached hydrogen (secondary N) is 1. The Morgan fingerprint density at radius 3 is 2.65 bits per heavy atom. The molecule has 0 aromatic rings. The summed E-state index contributed by atoms with van der Waals surface area (Å²) in [5, 5.41) is 14.9. The van der Waals surface area contributed by atoms with Gasteiger partial charge in [-0.2, -0.15) is 0 Å². The summed E-state index contributed by atoms with van der Waals surface area (Å²) in [6.07, 6.45) is 6.82. The molecule has 0 radical (unpaired) electrons. The quantitative estimate of drug-likeness (QED) is 0.219. The van der Waals surface area contributed by atoms with Gasteiger partial charge in [0.15, 0.2) is 0 Å². The van der Waals surface area contributed by atoms with Crippen LogP contribution in [0.4, 0.5) is 0 Å². The summed E-state index contributed by atoms with van der Waals surface area (Å²) in [5.74, 6) is 2.24. The highest BCUT2D eigenvalue weighted by Gasteiger charge is 2.17. The minimum Gasteiger partial charge on any atom is -0.409 e. The van der Waals surface area contributed by atoms with Crippen LogP contribution >= 0.6 is 0 Å². The highest BCUT2D eigenvalue weighted by Crippen LogP contribution is 2.29. The fourth-order valence-corrected chi connectivity index (χ4v) is 2.45. The van der Waals surface area contributed by atoms with E-state index in [1.54, 1.807) is 0 Å². The molecule has 17 heavy (non-hydrogen) atoms. The number of rotatable bonds is 6. The van der Waals surface area contributed by atoms with Gasteiger partial charge < -0.3 is 16.3 Å². The summed E-state index contributed by atoms with van der Waals surface area (Å²) < 4.78 is 0. The van der Waals surface area contributed by atoms with Gasteiger partial charge >= 0.3 is 0 Å². The molecule has 0 spiro atoms. The summed E-state index contributed by atoms with van der Waals surface area (Å²) in [4.78, 5) is 0. The lowest BCUT2D eigenvalue weighted by Crippen LogP contribution is -2.32. The first-order valence-electron chi connectivity index (χ1n) is 6.81. The topological polar surface area (TPSA) is 70.6 Å². The second-order valence-electron chi connectivity index (χ2n) is 5.54. The summed E-state index contributed by atoms with van der Waals surface area (Å²) >= 11 is 0. The zero-order chi connectivity index (χ0) is 12.7. The first kappa shape index (κ1) is 14.3. The number of amidine groups is 1. The zero-order valence-corrected chi connectivity index (χ0v) is 11.2. The molecule has 100 valence electrons. The molecule has 1 aliphatic rings. The van der Waals surface area contributed by atoms with Gasteiger partial charge in [-0.15, -0.1) is 0 Å². The largest absolute Gasteiger partial charge is 0.409 e. The van der Waals surface area contributed by atoms with Crippen LogP contribution < -0.4 is 11.1 Å². The Morgan fingerprint density at radius 1 is 1.41 bits per heavy atom. The summed E-state index contributed by atoms with van der Waals surface area (Å²) in [5.41, 5.74) is 5.52. The normalized spacial score (nSPS) is 28.0. The van der Waals surface area contributed by atoms with E-state index in [0.717, 1.165) is 24.9 Å².